The second-order valence-corrected chi connectivity index (χ2v) is 5.34. The lowest BCUT2D eigenvalue weighted by atomic mass is 9.77. The summed E-state index contributed by atoms with van der Waals surface area (Å²) in [7, 11) is 0. The number of hydrogen-bond donors (Lipinski definition) is 1. The van der Waals surface area contributed by atoms with E-state index in [1.54, 1.807) is 0 Å². The molecule has 1 aromatic carbocycles. The van der Waals surface area contributed by atoms with Crippen LogP contribution in [0.25, 0.3) is 0 Å². The fourth-order valence-electron chi connectivity index (χ4n) is 2.33. The SMILES string of the molecule is CCNC(c1c(F)ccc(Br)c1F)C1CCC1. The fourth-order valence-corrected chi connectivity index (χ4v) is 2.67. The zero-order chi connectivity index (χ0) is 12.4. The van der Waals surface area contributed by atoms with Gasteiger partial charge in [-0.05, 0) is 53.4 Å². The van der Waals surface area contributed by atoms with Gasteiger partial charge < -0.3 is 5.32 Å². The number of hydrogen-bond acceptors (Lipinski definition) is 1. The molecule has 1 aromatic rings. The van der Waals surface area contributed by atoms with Gasteiger partial charge in [0.15, 0.2) is 0 Å². The van der Waals surface area contributed by atoms with Crippen LogP contribution >= 0.6 is 15.9 Å². The van der Waals surface area contributed by atoms with Crippen LogP contribution in [0.5, 0.6) is 0 Å². The molecule has 1 aliphatic carbocycles. The van der Waals surface area contributed by atoms with Gasteiger partial charge in [0.1, 0.15) is 11.6 Å². The van der Waals surface area contributed by atoms with E-state index in [4.69, 9.17) is 0 Å². The van der Waals surface area contributed by atoms with Crippen molar-refractivity contribution in [2.45, 2.75) is 32.2 Å². The van der Waals surface area contributed by atoms with Crippen LogP contribution in [0.3, 0.4) is 0 Å². The first-order valence-electron chi connectivity index (χ1n) is 6.02. The van der Waals surface area contributed by atoms with Crippen LogP contribution in [0.15, 0.2) is 16.6 Å². The van der Waals surface area contributed by atoms with E-state index >= 15 is 0 Å². The summed E-state index contributed by atoms with van der Waals surface area (Å²) in [5.74, 6) is -0.570. The summed E-state index contributed by atoms with van der Waals surface area (Å²) in [5, 5.41) is 3.21. The van der Waals surface area contributed by atoms with Gasteiger partial charge in [0.25, 0.3) is 0 Å². The van der Waals surface area contributed by atoms with E-state index in [2.05, 4.69) is 21.2 Å². The molecule has 1 aliphatic rings. The van der Waals surface area contributed by atoms with Crippen molar-refractivity contribution in [1.29, 1.82) is 0 Å². The summed E-state index contributed by atoms with van der Waals surface area (Å²) in [6.07, 6.45) is 3.25. The highest BCUT2D eigenvalue weighted by molar-refractivity contribution is 9.10. The van der Waals surface area contributed by atoms with Gasteiger partial charge in [-0.15, -0.1) is 0 Å². The molecule has 1 fully saturated rings. The molecule has 1 N–H and O–H groups in total. The van der Waals surface area contributed by atoms with Crippen LogP contribution < -0.4 is 5.32 Å². The summed E-state index contributed by atoms with van der Waals surface area (Å²) in [6, 6.07) is 2.54. The first-order valence-corrected chi connectivity index (χ1v) is 6.81. The zero-order valence-corrected chi connectivity index (χ0v) is 11.4. The minimum atomic E-state index is -0.470. The minimum Gasteiger partial charge on any atom is -0.310 e. The minimum absolute atomic E-state index is 0.186. The maximum atomic E-state index is 14.0. The van der Waals surface area contributed by atoms with Crippen molar-refractivity contribution in [3.63, 3.8) is 0 Å². The van der Waals surface area contributed by atoms with Crippen molar-refractivity contribution in [2.75, 3.05) is 6.54 Å². The molecule has 0 bridgehead atoms. The summed E-state index contributed by atoms with van der Waals surface area (Å²) in [5.41, 5.74) is 0.186. The molecule has 1 saturated carbocycles. The number of benzene rings is 1. The molecule has 1 unspecified atom stereocenters. The number of rotatable bonds is 4. The van der Waals surface area contributed by atoms with Gasteiger partial charge in [-0.2, -0.15) is 0 Å². The second kappa shape index (κ2) is 5.44. The zero-order valence-electron chi connectivity index (χ0n) is 9.77. The van der Waals surface area contributed by atoms with Crippen LogP contribution in [-0.2, 0) is 0 Å². The van der Waals surface area contributed by atoms with E-state index in [9.17, 15) is 8.78 Å². The number of nitrogens with one attached hydrogen (secondary N) is 1. The lowest BCUT2D eigenvalue weighted by molar-refractivity contribution is 0.224. The molecule has 0 heterocycles. The molecule has 0 spiro atoms. The van der Waals surface area contributed by atoms with E-state index in [1.807, 2.05) is 6.92 Å². The Morgan fingerprint density at radius 3 is 2.65 bits per heavy atom. The van der Waals surface area contributed by atoms with Gasteiger partial charge in [-0.1, -0.05) is 13.3 Å². The van der Waals surface area contributed by atoms with Crippen molar-refractivity contribution >= 4 is 15.9 Å². The third kappa shape index (κ3) is 2.52. The van der Waals surface area contributed by atoms with Crippen LogP contribution in [0, 0.1) is 17.6 Å². The molecule has 1 nitrogen and oxygen atoms in total. The van der Waals surface area contributed by atoms with Gasteiger partial charge in [-0.25, -0.2) is 8.78 Å². The van der Waals surface area contributed by atoms with E-state index in [0.717, 1.165) is 19.3 Å². The van der Waals surface area contributed by atoms with Crippen molar-refractivity contribution in [3.8, 4) is 0 Å². The normalized spacial score (nSPS) is 17.9. The van der Waals surface area contributed by atoms with Crippen LogP contribution in [-0.4, -0.2) is 6.54 Å². The maximum Gasteiger partial charge on any atom is 0.145 e. The first-order chi connectivity index (χ1) is 8.15. The third-order valence-electron chi connectivity index (χ3n) is 3.44. The monoisotopic (exact) mass is 303 g/mol. The van der Waals surface area contributed by atoms with Crippen LogP contribution in [0.1, 0.15) is 37.8 Å². The van der Waals surface area contributed by atoms with Gasteiger partial charge in [0, 0.05) is 11.6 Å². The van der Waals surface area contributed by atoms with Crippen molar-refractivity contribution in [3.05, 3.63) is 33.8 Å². The van der Waals surface area contributed by atoms with Gasteiger partial charge >= 0.3 is 0 Å². The Morgan fingerprint density at radius 1 is 1.41 bits per heavy atom. The Labute approximate surface area is 109 Å². The summed E-state index contributed by atoms with van der Waals surface area (Å²) in [6.45, 7) is 2.67. The van der Waals surface area contributed by atoms with Gasteiger partial charge in [0.05, 0.1) is 4.47 Å². The molecule has 1 atom stereocenters. The Hall–Kier alpha value is -0.480. The molecule has 4 heteroatoms. The van der Waals surface area contributed by atoms with E-state index in [-0.39, 0.29) is 11.6 Å². The molecular formula is C13H16BrF2N. The van der Waals surface area contributed by atoms with E-state index < -0.39 is 11.6 Å². The predicted octanol–water partition coefficient (Wildman–Crippen LogP) is 4.18. The lowest BCUT2D eigenvalue weighted by Gasteiger charge is -2.35. The molecule has 0 amide bonds. The highest BCUT2D eigenvalue weighted by Gasteiger charge is 2.32. The van der Waals surface area contributed by atoms with E-state index in [0.29, 0.717) is 16.9 Å². The largest absolute Gasteiger partial charge is 0.310 e. The smallest absolute Gasteiger partial charge is 0.145 e. The summed E-state index contributed by atoms with van der Waals surface area (Å²) < 4.78 is 28.2. The summed E-state index contributed by atoms with van der Waals surface area (Å²) >= 11 is 3.12. The van der Waals surface area contributed by atoms with E-state index in [1.165, 1.54) is 12.1 Å². The van der Waals surface area contributed by atoms with Crippen LogP contribution in [0.2, 0.25) is 0 Å². The lowest BCUT2D eigenvalue weighted by Crippen LogP contribution is -2.33. The van der Waals surface area contributed by atoms with Crippen molar-refractivity contribution in [1.82, 2.24) is 5.32 Å². The molecule has 0 saturated heterocycles. The molecule has 2 rings (SSSR count). The van der Waals surface area contributed by atoms with Crippen LogP contribution in [0.4, 0.5) is 8.78 Å². The predicted molar refractivity (Wildman–Crippen MR) is 67.8 cm³/mol. The highest BCUT2D eigenvalue weighted by atomic mass is 79.9. The van der Waals surface area contributed by atoms with Gasteiger partial charge in [-0.3, -0.25) is 0 Å². The Bertz CT molecular complexity index is 405. The Morgan fingerprint density at radius 2 is 2.12 bits per heavy atom. The average molecular weight is 304 g/mol. The molecule has 0 radical (unpaired) electrons. The highest BCUT2D eigenvalue weighted by Crippen LogP contribution is 2.40. The van der Waals surface area contributed by atoms with Gasteiger partial charge in [0.2, 0.25) is 0 Å². The average Bonchev–Trinajstić information content (AvgIpc) is 2.22. The van der Waals surface area contributed by atoms with Crippen molar-refractivity contribution in [2.24, 2.45) is 5.92 Å². The topological polar surface area (TPSA) is 12.0 Å². The Kier molecular flexibility index (Phi) is 4.15. The molecular weight excluding hydrogens is 288 g/mol. The molecule has 0 aromatic heterocycles. The quantitative estimate of drug-likeness (QED) is 0.823. The fraction of sp³-hybridized carbons (Fsp3) is 0.538. The second-order valence-electron chi connectivity index (χ2n) is 4.48. The summed E-state index contributed by atoms with van der Waals surface area (Å²) in [4.78, 5) is 0. The Balaban J connectivity index is 2.37. The molecule has 94 valence electrons. The van der Waals surface area contributed by atoms with Crippen molar-refractivity contribution < 1.29 is 8.78 Å². The molecule has 0 aliphatic heterocycles. The third-order valence-corrected chi connectivity index (χ3v) is 4.05. The molecule has 17 heavy (non-hydrogen) atoms. The standard InChI is InChI=1S/C13H16BrF2N/c1-2-17-13(8-4-3-5-8)11-10(15)7-6-9(14)12(11)16/h6-8,13,17H,2-5H2,1H3. The number of halogens is 3. The maximum absolute atomic E-state index is 14.0. The first kappa shape index (κ1) is 13.0.